The average Bonchev–Trinajstić information content (AvgIpc) is 2.89. The summed E-state index contributed by atoms with van der Waals surface area (Å²) in [7, 11) is 0. The lowest BCUT2D eigenvalue weighted by Gasteiger charge is -2.29. The molecule has 7 nitrogen and oxygen atoms in total. The van der Waals surface area contributed by atoms with Crippen molar-refractivity contribution in [3.05, 3.63) is 35.9 Å². The molecule has 4 rings (SSSR count). The van der Waals surface area contributed by atoms with E-state index in [4.69, 9.17) is 0 Å². The van der Waals surface area contributed by atoms with Crippen molar-refractivity contribution in [1.82, 2.24) is 20.0 Å². The number of hydrogen-bond donors (Lipinski definition) is 1. The fourth-order valence-electron chi connectivity index (χ4n) is 4.57. The molecule has 1 atom stereocenters. The average molecular weight is 384 g/mol. The number of urea groups is 2. The summed E-state index contributed by atoms with van der Waals surface area (Å²) in [5, 5.41) is 2.94. The standard InChI is InChI=1S/C21H28N4O3/c26-19-18-15-23(20(27)22-14-16-8-3-1-4-9-16)12-7-13-24(18)21(28)25(19)17-10-5-2-6-11-17/h1,3-4,8-9,17-18H,2,5-7,10-15H2,(H,22,27). The molecule has 3 fully saturated rings. The van der Waals surface area contributed by atoms with Crippen LogP contribution < -0.4 is 5.32 Å². The second-order valence-electron chi connectivity index (χ2n) is 7.94. The van der Waals surface area contributed by atoms with Gasteiger partial charge in [-0.3, -0.25) is 9.69 Å². The quantitative estimate of drug-likeness (QED) is 0.814. The van der Waals surface area contributed by atoms with E-state index in [1.807, 2.05) is 30.3 Å². The van der Waals surface area contributed by atoms with Gasteiger partial charge in [-0.05, 0) is 24.8 Å². The fraction of sp³-hybridized carbons (Fsp3) is 0.571. The van der Waals surface area contributed by atoms with Gasteiger partial charge in [0.15, 0.2) is 0 Å². The number of carbonyl (C=O) groups is 3. The van der Waals surface area contributed by atoms with Crippen molar-refractivity contribution >= 4 is 18.0 Å². The second kappa shape index (κ2) is 8.20. The van der Waals surface area contributed by atoms with Crippen LogP contribution >= 0.6 is 0 Å². The Kier molecular flexibility index (Phi) is 5.50. The zero-order chi connectivity index (χ0) is 19.5. The van der Waals surface area contributed by atoms with E-state index in [2.05, 4.69) is 5.32 Å². The largest absolute Gasteiger partial charge is 0.334 e. The Hall–Kier alpha value is -2.57. The van der Waals surface area contributed by atoms with Crippen LogP contribution in [0, 0.1) is 0 Å². The SMILES string of the molecule is O=C(NCc1ccccc1)N1CCCN2C(=O)N(C3CCCCC3)C(=O)C2C1. The van der Waals surface area contributed by atoms with E-state index in [-0.39, 0.29) is 30.6 Å². The number of rotatable bonds is 3. The summed E-state index contributed by atoms with van der Waals surface area (Å²) in [5.74, 6) is -0.125. The molecule has 0 radical (unpaired) electrons. The van der Waals surface area contributed by atoms with Gasteiger partial charge in [0.2, 0.25) is 0 Å². The highest BCUT2D eigenvalue weighted by atomic mass is 16.2. The summed E-state index contributed by atoms with van der Waals surface area (Å²) in [5.41, 5.74) is 1.03. The van der Waals surface area contributed by atoms with Crippen molar-refractivity contribution < 1.29 is 14.4 Å². The van der Waals surface area contributed by atoms with E-state index in [0.29, 0.717) is 26.1 Å². The van der Waals surface area contributed by atoms with Crippen molar-refractivity contribution in [2.24, 2.45) is 0 Å². The molecular weight excluding hydrogens is 356 g/mol. The zero-order valence-electron chi connectivity index (χ0n) is 16.2. The maximum atomic E-state index is 13.1. The molecule has 1 aromatic carbocycles. The molecule has 3 aliphatic rings. The zero-order valence-corrected chi connectivity index (χ0v) is 16.2. The molecule has 0 bridgehead atoms. The first-order chi connectivity index (χ1) is 13.6. The molecule has 5 amide bonds. The number of carbonyl (C=O) groups excluding carboxylic acids is 3. The fourth-order valence-corrected chi connectivity index (χ4v) is 4.57. The number of nitrogens with zero attached hydrogens (tertiary/aromatic N) is 3. The summed E-state index contributed by atoms with van der Waals surface area (Å²) in [4.78, 5) is 43.5. The maximum Gasteiger partial charge on any atom is 0.327 e. The lowest BCUT2D eigenvalue weighted by Crippen LogP contribution is -2.47. The number of imide groups is 1. The lowest BCUT2D eigenvalue weighted by atomic mass is 9.94. The predicted molar refractivity (Wildman–Crippen MR) is 104 cm³/mol. The Labute approximate surface area is 165 Å². The molecule has 1 N–H and O–H groups in total. The van der Waals surface area contributed by atoms with Crippen LogP contribution in [0.25, 0.3) is 0 Å². The molecule has 28 heavy (non-hydrogen) atoms. The Balaban J connectivity index is 1.41. The van der Waals surface area contributed by atoms with Crippen LogP contribution in [0.4, 0.5) is 9.59 Å². The molecule has 1 aromatic rings. The van der Waals surface area contributed by atoms with Crippen molar-refractivity contribution in [2.75, 3.05) is 19.6 Å². The van der Waals surface area contributed by atoms with Crippen molar-refractivity contribution in [1.29, 1.82) is 0 Å². The predicted octanol–water partition coefficient (Wildman–Crippen LogP) is 2.57. The normalized spacial score (nSPS) is 23.6. The topological polar surface area (TPSA) is 73.0 Å². The molecule has 0 aromatic heterocycles. The highest BCUT2D eigenvalue weighted by Crippen LogP contribution is 2.30. The van der Waals surface area contributed by atoms with Crippen LogP contribution in [0.3, 0.4) is 0 Å². The number of amides is 5. The Bertz CT molecular complexity index is 732. The molecule has 1 saturated carbocycles. The van der Waals surface area contributed by atoms with Crippen molar-refractivity contribution in [3.63, 3.8) is 0 Å². The lowest BCUT2D eigenvalue weighted by molar-refractivity contribution is -0.130. The van der Waals surface area contributed by atoms with Gasteiger partial charge in [-0.1, -0.05) is 49.6 Å². The van der Waals surface area contributed by atoms with E-state index in [9.17, 15) is 14.4 Å². The number of nitrogens with one attached hydrogen (secondary N) is 1. The van der Waals surface area contributed by atoms with Crippen LogP contribution in [0.1, 0.15) is 44.1 Å². The number of fused-ring (bicyclic) bond motifs is 1. The Morgan fingerprint density at radius 1 is 1.00 bits per heavy atom. The van der Waals surface area contributed by atoms with Crippen molar-refractivity contribution in [2.45, 2.75) is 57.2 Å². The van der Waals surface area contributed by atoms with E-state index in [1.165, 1.54) is 11.3 Å². The van der Waals surface area contributed by atoms with Gasteiger partial charge in [-0.2, -0.15) is 0 Å². The first-order valence-electron chi connectivity index (χ1n) is 10.4. The summed E-state index contributed by atoms with van der Waals surface area (Å²) in [6, 6.07) is 8.89. The van der Waals surface area contributed by atoms with Gasteiger partial charge in [0, 0.05) is 25.7 Å². The van der Waals surface area contributed by atoms with E-state index in [1.54, 1.807) is 9.80 Å². The van der Waals surface area contributed by atoms with Gasteiger partial charge < -0.3 is 15.1 Å². The third-order valence-electron chi connectivity index (χ3n) is 6.08. The summed E-state index contributed by atoms with van der Waals surface area (Å²) in [6.45, 7) is 1.80. The maximum absolute atomic E-state index is 13.1. The minimum Gasteiger partial charge on any atom is -0.334 e. The molecule has 150 valence electrons. The van der Waals surface area contributed by atoms with Gasteiger partial charge in [0.1, 0.15) is 6.04 Å². The smallest absolute Gasteiger partial charge is 0.327 e. The molecule has 1 aliphatic carbocycles. The number of hydrogen-bond acceptors (Lipinski definition) is 3. The van der Waals surface area contributed by atoms with Crippen molar-refractivity contribution in [3.8, 4) is 0 Å². The third kappa shape index (κ3) is 3.70. The molecule has 7 heteroatoms. The van der Waals surface area contributed by atoms with E-state index < -0.39 is 6.04 Å². The summed E-state index contributed by atoms with van der Waals surface area (Å²) < 4.78 is 0. The Morgan fingerprint density at radius 2 is 1.75 bits per heavy atom. The summed E-state index contributed by atoms with van der Waals surface area (Å²) >= 11 is 0. The highest BCUT2D eigenvalue weighted by molar-refractivity contribution is 6.05. The molecule has 2 heterocycles. The first-order valence-corrected chi connectivity index (χ1v) is 10.4. The van der Waals surface area contributed by atoms with E-state index >= 15 is 0 Å². The minimum absolute atomic E-state index is 0.0287. The van der Waals surface area contributed by atoms with Gasteiger partial charge in [0.05, 0.1) is 6.54 Å². The van der Waals surface area contributed by atoms with E-state index in [0.717, 1.165) is 31.2 Å². The monoisotopic (exact) mass is 384 g/mol. The molecule has 0 spiro atoms. The first kappa shape index (κ1) is 18.8. The highest BCUT2D eigenvalue weighted by Gasteiger charge is 2.49. The summed E-state index contributed by atoms with van der Waals surface area (Å²) in [6.07, 6.45) is 5.81. The molecule has 1 unspecified atom stereocenters. The Morgan fingerprint density at radius 3 is 2.50 bits per heavy atom. The van der Waals surface area contributed by atoms with Crippen LogP contribution in [-0.2, 0) is 11.3 Å². The van der Waals surface area contributed by atoms with Gasteiger partial charge in [0.25, 0.3) is 5.91 Å². The van der Waals surface area contributed by atoms with Gasteiger partial charge >= 0.3 is 12.1 Å². The molecule has 2 aliphatic heterocycles. The second-order valence-corrected chi connectivity index (χ2v) is 7.94. The minimum atomic E-state index is -0.542. The molecule has 2 saturated heterocycles. The van der Waals surface area contributed by atoms with Crippen LogP contribution in [0.2, 0.25) is 0 Å². The van der Waals surface area contributed by atoms with Gasteiger partial charge in [-0.15, -0.1) is 0 Å². The number of benzene rings is 1. The molecular formula is C21H28N4O3. The van der Waals surface area contributed by atoms with Crippen LogP contribution in [-0.4, -0.2) is 64.4 Å². The van der Waals surface area contributed by atoms with Crippen LogP contribution in [0.15, 0.2) is 30.3 Å². The van der Waals surface area contributed by atoms with Crippen LogP contribution in [0.5, 0.6) is 0 Å². The third-order valence-corrected chi connectivity index (χ3v) is 6.08. The van der Waals surface area contributed by atoms with Gasteiger partial charge in [-0.25, -0.2) is 9.59 Å².